The number of pyridine rings is 2. The molecular formula is C22H20F3N5O3. The van der Waals surface area contributed by atoms with Gasteiger partial charge in [-0.05, 0) is 43.9 Å². The van der Waals surface area contributed by atoms with Gasteiger partial charge in [0.05, 0.1) is 29.7 Å². The zero-order valence-electron chi connectivity index (χ0n) is 17.4. The Hall–Kier alpha value is -3.63. The smallest absolute Gasteiger partial charge is 0.417 e. The number of nitrogens with one attached hydrogen (secondary N) is 1. The minimum absolute atomic E-state index is 0.0460. The van der Waals surface area contributed by atoms with Crippen molar-refractivity contribution in [2.45, 2.75) is 44.0 Å². The summed E-state index contributed by atoms with van der Waals surface area (Å²) in [5, 5.41) is 0.943. The second-order valence-electron chi connectivity index (χ2n) is 8.20. The van der Waals surface area contributed by atoms with Gasteiger partial charge in [-0.15, -0.1) is 0 Å². The molecule has 5 rings (SSSR count). The van der Waals surface area contributed by atoms with E-state index in [2.05, 4.69) is 15.0 Å². The summed E-state index contributed by atoms with van der Waals surface area (Å²) in [6, 6.07) is 3.70. The lowest BCUT2D eigenvalue weighted by atomic mass is 9.92. The van der Waals surface area contributed by atoms with Crippen molar-refractivity contribution in [3.05, 3.63) is 48.5 Å². The van der Waals surface area contributed by atoms with Crippen molar-refractivity contribution in [3.8, 4) is 5.75 Å². The lowest BCUT2D eigenvalue weighted by Crippen LogP contribution is -2.44. The zero-order chi connectivity index (χ0) is 23.2. The van der Waals surface area contributed by atoms with E-state index in [0.29, 0.717) is 37.6 Å². The SMILES string of the molecule is O=C1CN(c2cncc(C(F)(F)F)c2)C(=O)N1[C@H]1CC[C@H](Oc2cnc3[nH]ccc3c2)CC1. The van der Waals surface area contributed by atoms with E-state index < -0.39 is 23.7 Å². The molecule has 3 aromatic rings. The zero-order valence-corrected chi connectivity index (χ0v) is 17.4. The van der Waals surface area contributed by atoms with E-state index in [-0.39, 0.29) is 24.4 Å². The van der Waals surface area contributed by atoms with Crippen LogP contribution < -0.4 is 9.64 Å². The summed E-state index contributed by atoms with van der Waals surface area (Å²) in [6.45, 7) is -0.305. The third kappa shape index (κ3) is 4.10. The van der Waals surface area contributed by atoms with Crippen LogP contribution >= 0.6 is 0 Å². The minimum atomic E-state index is -4.59. The van der Waals surface area contributed by atoms with Crippen molar-refractivity contribution in [2.24, 2.45) is 0 Å². The van der Waals surface area contributed by atoms with Gasteiger partial charge in [-0.2, -0.15) is 13.2 Å². The molecule has 1 saturated carbocycles. The molecule has 0 unspecified atom stereocenters. The number of amides is 3. The second kappa shape index (κ2) is 8.05. The molecular weight excluding hydrogens is 439 g/mol. The van der Waals surface area contributed by atoms with E-state index in [1.165, 1.54) is 4.90 Å². The molecule has 8 nitrogen and oxygen atoms in total. The van der Waals surface area contributed by atoms with E-state index in [0.717, 1.165) is 28.2 Å². The predicted octanol–water partition coefficient (Wildman–Crippen LogP) is 4.14. The summed E-state index contributed by atoms with van der Waals surface area (Å²) in [4.78, 5) is 38.7. The number of fused-ring (bicyclic) bond motifs is 1. The molecule has 2 fully saturated rings. The number of hydrogen-bond acceptors (Lipinski definition) is 5. The van der Waals surface area contributed by atoms with Gasteiger partial charge < -0.3 is 9.72 Å². The van der Waals surface area contributed by atoms with Crippen LogP contribution in [0.1, 0.15) is 31.2 Å². The normalized spacial score (nSPS) is 21.8. The monoisotopic (exact) mass is 459 g/mol. The first kappa shape index (κ1) is 21.2. The van der Waals surface area contributed by atoms with Crippen LogP contribution in [0.4, 0.5) is 23.7 Å². The third-order valence-electron chi connectivity index (χ3n) is 6.05. The van der Waals surface area contributed by atoms with Gasteiger partial charge in [0, 0.05) is 23.8 Å². The van der Waals surface area contributed by atoms with Crippen LogP contribution in [0.5, 0.6) is 5.75 Å². The molecule has 0 bridgehead atoms. The van der Waals surface area contributed by atoms with Gasteiger partial charge in [0.2, 0.25) is 0 Å². The van der Waals surface area contributed by atoms with Crippen LogP contribution in [0.2, 0.25) is 0 Å². The Kier molecular flexibility index (Phi) is 5.18. The molecule has 3 amide bonds. The molecule has 4 heterocycles. The number of H-pyrrole nitrogens is 1. The number of aromatic nitrogens is 3. The molecule has 1 aliphatic carbocycles. The van der Waals surface area contributed by atoms with Crippen LogP contribution in [-0.4, -0.2) is 50.5 Å². The van der Waals surface area contributed by atoms with Gasteiger partial charge in [0.1, 0.15) is 17.9 Å². The first-order valence-corrected chi connectivity index (χ1v) is 10.6. The lowest BCUT2D eigenvalue weighted by molar-refractivity contribution is -0.137. The first-order valence-electron chi connectivity index (χ1n) is 10.6. The summed E-state index contributed by atoms with van der Waals surface area (Å²) >= 11 is 0. The molecule has 0 atom stereocenters. The van der Waals surface area contributed by atoms with Gasteiger partial charge in [-0.25, -0.2) is 9.78 Å². The molecule has 172 valence electrons. The summed E-state index contributed by atoms with van der Waals surface area (Å²) in [7, 11) is 0. The Labute approximate surface area is 186 Å². The molecule has 0 spiro atoms. The molecule has 0 radical (unpaired) electrons. The summed E-state index contributed by atoms with van der Waals surface area (Å²) in [5.74, 6) is 0.228. The maximum absolute atomic E-state index is 13.0. The van der Waals surface area contributed by atoms with Gasteiger partial charge in [0.15, 0.2) is 0 Å². The Morgan fingerprint density at radius 1 is 1.06 bits per heavy atom. The number of rotatable bonds is 4. The number of hydrogen-bond donors (Lipinski definition) is 1. The van der Waals surface area contributed by atoms with Gasteiger partial charge in [-0.3, -0.25) is 19.6 Å². The van der Waals surface area contributed by atoms with E-state index >= 15 is 0 Å². The fourth-order valence-corrected chi connectivity index (χ4v) is 4.41. The molecule has 1 N–H and O–H groups in total. The number of aromatic amines is 1. The predicted molar refractivity (Wildman–Crippen MR) is 112 cm³/mol. The van der Waals surface area contributed by atoms with Crippen molar-refractivity contribution in [2.75, 3.05) is 11.4 Å². The van der Waals surface area contributed by atoms with Crippen molar-refractivity contribution in [1.29, 1.82) is 0 Å². The summed E-state index contributed by atoms with van der Waals surface area (Å²) < 4.78 is 45.1. The topological polar surface area (TPSA) is 91.4 Å². The molecule has 1 saturated heterocycles. The standard InChI is InChI=1S/C22H20F3N5O3/c23-22(24,25)14-8-16(10-26-9-14)29-12-19(31)30(21(29)32)15-1-3-17(4-2-15)33-18-7-13-5-6-27-20(13)28-11-18/h5-11,15,17H,1-4,12H2,(H,27,28)/t15-,17-. The minimum Gasteiger partial charge on any atom is -0.489 e. The molecule has 11 heteroatoms. The van der Waals surface area contributed by atoms with Gasteiger partial charge in [-0.1, -0.05) is 0 Å². The van der Waals surface area contributed by atoms with Crippen LogP contribution in [0.25, 0.3) is 11.0 Å². The molecule has 0 aromatic carbocycles. The van der Waals surface area contributed by atoms with Crippen LogP contribution in [-0.2, 0) is 11.0 Å². The lowest BCUT2D eigenvalue weighted by Gasteiger charge is -2.33. The number of ether oxygens (including phenoxy) is 1. The highest BCUT2D eigenvalue weighted by molar-refractivity contribution is 6.12. The highest BCUT2D eigenvalue weighted by atomic mass is 19.4. The fraction of sp³-hybridized carbons (Fsp3) is 0.364. The highest BCUT2D eigenvalue weighted by Crippen LogP contribution is 2.34. The molecule has 1 aliphatic heterocycles. The number of alkyl halides is 3. The third-order valence-corrected chi connectivity index (χ3v) is 6.05. The molecule has 33 heavy (non-hydrogen) atoms. The van der Waals surface area contributed by atoms with Crippen LogP contribution in [0.15, 0.2) is 43.0 Å². The Morgan fingerprint density at radius 3 is 2.61 bits per heavy atom. The average Bonchev–Trinajstić information content (AvgIpc) is 3.37. The Balaban J connectivity index is 1.23. The highest BCUT2D eigenvalue weighted by Gasteiger charge is 2.43. The fourth-order valence-electron chi connectivity index (χ4n) is 4.41. The van der Waals surface area contributed by atoms with E-state index in [4.69, 9.17) is 4.74 Å². The Morgan fingerprint density at radius 2 is 1.85 bits per heavy atom. The summed E-state index contributed by atoms with van der Waals surface area (Å²) in [6.07, 6.45) is 3.02. The number of imide groups is 1. The molecule has 2 aliphatic rings. The number of anilines is 1. The molecule has 3 aromatic heterocycles. The largest absolute Gasteiger partial charge is 0.489 e. The number of urea groups is 1. The average molecular weight is 459 g/mol. The van der Waals surface area contributed by atoms with Crippen molar-refractivity contribution in [3.63, 3.8) is 0 Å². The maximum Gasteiger partial charge on any atom is 0.417 e. The van der Waals surface area contributed by atoms with Crippen molar-refractivity contribution in [1.82, 2.24) is 19.9 Å². The van der Waals surface area contributed by atoms with Crippen molar-refractivity contribution >= 4 is 28.7 Å². The van der Waals surface area contributed by atoms with Crippen molar-refractivity contribution < 1.29 is 27.5 Å². The maximum atomic E-state index is 13.0. The first-order chi connectivity index (χ1) is 15.8. The number of carbonyl (C=O) groups is 2. The van der Waals surface area contributed by atoms with Crippen LogP contribution in [0.3, 0.4) is 0 Å². The summed E-state index contributed by atoms with van der Waals surface area (Å²) in [5.41, 5.74) is -0.239. The number of carbonyl (C=O) groups excluding carboxylic acids is 2. The van der Waals surface area contributed by atoms with Crippen LogP contribution in [0, 0.1) is 0 Å². The second-order valence-corrected chi connectivity index (χ2v) is 8.20. The van der Waals surface area contributed by atoms with E-state index in [1.807, 2.05) is 12.1 Å². The Bertz CT molecular complexity index is 1200. The van der Waals surface area contributed by atoms with E-state index in [1.54, 1.807) is 12.4 Å². The number of halogens is 3. The van der Waals surface area contributed by atoms with E-state index in [9.17, 15) is 22.8 Å². The quantitative estimate of drug-likeness (QED) is 0.593. The number of nitrogens with zero attached hydrogens (tertiary/aromatic N) is 4. The van der Waals surface area contributed by atoms with Gasteiger partial charge in [0.25, 0.3) is 5.91 Å². The van der Waals surface area contributed by atoms with Gasteiger partial charge >= 0.3 is 12.2 Å².